The van der Waals surface area contributed by atoms with Crippen LogP contribution in [0.3, 0.4) is 0 Å². The Kier molecular flexibility index (Phi) is 4.13. The van der Waals surface area contributed by atoms with E-state index in [0.717, 1.165) is 31.9 Å². The van der Waals surface area contributed by atoms with Gasteiger partial charge in [-0.05, 0) is 18.8 Å². The quantitative estimate of drug-likeness (QED) is 0.681. The molecule has 0 bridgehead atoms. The van der Waals surface area contributed by atoms with Crippen LogP contribution in [0.15, 0.2) is 0 Å². The number of rotatable bonds is 4. The van der Waals surface area contributed by atoms with Crippen molar-refractivity contribution in [2.45, 2.75) is 25.7 Å². The second-order valence-corrected chi connectivity index (χ2v) is 6.45. The lowest BCUT2D eigenvalue weighted by Gasteiger charge is -2.19. The number of hydrogen-bond acceptors (Lipinski definition) is 4. The summed E-state index contributed by atoms with van der Waals surface area (Å²) in [7, 11) is -1.80. The second kappa shape index (κ2) is 4.96. The van der Waals surface area contributed by atoms with Gasteiger partial charge in [-0.2, -0.15) is 0 Å². The van der Waals surface area contributed by atoms with E-state index in [-0.39, 0.29) is 17.6 Å². The van der Waals surface area contributed by atoms with Gasteiger partial charge in [0.25, 0.3) is 0 Å². The highest BCUT2D eigenvalue weighted by Crippen LogP contribution is 2.32. The van der Waals surface area contributed by atoms with E-state index in [0.29, 0.717) is 0 Å². The first-order valence-corrected chi connectivity index (χ1v) is 7.25. The fourth-order valence-corrected chi connectivity index (χ4v) is 3.29. The van der Waals surface area contributed by atoms with Gasteiger partial charge in [-0.3, -0.25) is 4.79 Å². The molecule has 1 aliphatic carbocycles. The highest BCUT2D eigenvalue weighted by atomic mass is 32.2. The van der Waals surface area contributed by atoms with Crippen LogP contribution in [-0.4, -0.2) is 33.5 Å². The molecule has 1 atom stereocenters. The predicted molar refractivity (Wildman–Crippen MR) is 57.2 cm³/mol. The Morgan fingerprint density at radius 2 is 1.93 bits per heavy atom. The lowest BCUT2D eigenvalue weighted by Crippen LogP contribution is -2.30. The minimum atomic E-state index is -3.12. The molecule has 0 aromatic heterocycles. The van der Waals surface area contributed by atoms with Crippen molar-refractivity contribution in [1.82, 2.24) is 0 Å². The molecule has 0 aromatic carbocycles. The molecule has 0 spiro atoms. The Bertz CT molecular complexity index is 314. The van der Waals surface area contributed by atoms with Crippen LogP contribution in [0, 0.1) is 11.8 Å². The van der Waals surface area contributed by atoms with Crippen molar-refractivity contribution in [2.24, 2.45) is 11.8 Å². The lowest BCUT2D eigenvalue weighted by molar-refractivity contribution is -0.146. The van der Waals surface area contributed by atoms with Crippen molar-refractivity contribution in [3.63, 3.8) is 0 Å². The minimum absolute atomic E-state index is 0.0790. The van der Waals surface area contributed by atoms with E-state index >= 15 is 0 Å². The lowest BCUT2D eigenvalue weighted by atomic mass is 9.92. The summed E-state index contributed by atoms with van der Waals surface area (Å²) in [5.41, 5.74) is 0. The zero-order valence-electron chi connectivity index (χ0n) is 9.23. The van der Waals surface area contributed by atoms with Gasteiger partial charge < -0.3 is 4.74 Å². The minimum Gasteiger partial charge on any atom is -0.469 e. The van der Waals surface area contributed by atoms with Crippen LogP contribution < -0.4 is 0 Å². The highest BCUT2D eigenvalue weighted by Gasteiger charge is 2.33. The number of hydrogen-bond donors (Lipinski definition) is 0. The molecule has 0 amide bonds. The summed E-state index contributed by atoms with van der Waals surface area (Å²) in [6.07, 6.45) is 5.21. The molecule has 0 heterocycles. The Hall–Kier alpha value is -0.580. The molecule has 88 valence electrons. The van der Waals surface area contributed by atoms with E-state index in [4.69, 9.17) is 0 Å². The number of methoxy groups -OCH3 is 1. The van der Waals surface area contributed by atoms with Gasteiger partial charge in [-0.15, -0.1) is 0 Å². The zero-order valence-corrected chi connectivity index (χ0v) is 10.0. The molecule has 1 unspecified atom stereocenters. The van der Waals surface area contributed by atoms with Gasteiger partial charge in [0.05, 0.1) is 18.8 Å². The van der Waals surface area contributed by atoms with Crippen molar-refractivity contribution in [3.05, 3.63) is 0 Å². The van der Waals surface area contributed by atoms with Gasteiger partial charge >= 0.3 is 5.97 Å². The van der Waals surface area contributed by atoms with Gasteiger partial charge in [0.1, 0.15) is 9.84 Å². The standard InChI is InChI=1S/C10H18O4S/c1-14-10(11)9(7-15(2,12)13)8-5-3-4-6-8/h8-9H,3-7H2,1-2H3. The average molecular weight is 234 g/mol. The third kappa shape index (κ3) is 3.81. The summed E-state index contributed by atoms with van der Waals surface area (Å²) in [5.74, 6) is -0.739. The monoisotopic (exact) mass is 234 g/mol. The van der Waals surface area contributed by atoms with E-state index in [1.54, 1.807) is 0 Å². The normalized spacial score (nSPS) is 20.1. The first-order valence-electron chi connectivity index (χ1n) is 5.19. The number of carbonyl (C=O) groups is 1. The van der Waals surface area contributed by atoms with Crippen molar-refractivity contribution in [2.75, 3.05) is 19.1 Å². The second-order valence-electron chi connectivity index (χ2n) is 4.27. The molecule has 0 saturated heterocycles. The fraction of sp³-hybridized carbons (Fsp3) is 0.900. The third-order valence-corrected chi connectivity index (χ3v) is 3.92. The first-order chi connectivity index (χ1) is 6.94. The van der Waals surface area contributed by atoms with Gasteiger partial charge in [-0.1, -0.05) is 12.8 Å². The summed E-state index contributed by atoms with van der Waals surface area (Å²) >= 11 is 0. The zero-order chi connectivity index (χ0) is 11.5. The van der Waals surface area contributed by atoms with E-state index in [1.165, 1.54) is 7.11 Å². The predicted octanol–water partition coefficient (Wildman–Crippen LogP) is 1.01. The maximum absolute atomic E-state index is 11.5. The topological polar surface area (TPSA) is 60.4 Å². The number of sulfone groups is 1. The van der Waals surface area contributed by atoms with E-state index in [1.807, 2.05) is 0 Å². The molecule has 0 radical (unpaired) electrons. The maximum Gasteiger partial charge on any atom is 0.309 e. The molecule has 1 fully saturated rings. The van der Waals surface area contributed by atoms with E-state index in [9.17, 15) is 13.2 Å². The summed E-state index contributed by atoms with van der Waals surface area (Å²) in [5, 5.41) is 0. The van der Waals surface area contributed by atoms with Gasteiger partial charge in [-0.25, -0.2) is 8.42 Å². The maximum atomic E-state index is 11.5. The Balaban J connectivity index is 2.73. The van der Waals surface area contributed by atoms with Crippen LogP contribution >= 0.6 is 0 Å². The van der Waals surface area contributed by atoms with Crippen LogP contribution in [-0.2, 0) is 19.4 Å². The smallest absolute Gasteiger partial charge is 0.309 e. The fourth-order valence-electron chi connectivity index (χ4n) is 2.23. The number of ether oxygens (including phenoxy) is 1. The van der Waals surface area contributed by atoms with Crippen LogP contribution in [0.4, 0.5) is 0 Å². The van der Waals surface area contributed by atoms with Crippen LogP contribution in [0.5, 0.6) is 0 Å². The van der Waals surface area contributed by atoms with Crippen LogP contribution in [0.25, 0.3) is 0 Å². The summed E-state index contributed by atoms with van der Waals surface area (Å²) in [4.78, 5) is 11.5. The molecule has 1 aliphatic rings. The average Bonchev–Trinajstić information content (AvgIpc) is 2.64. The number of carbonyl (C=O) groups excluding carboxylic acids is 1. The molecule has 0 aliphatic heterocycles. The van der Waals surface area contributed by atoms with Gasteiger partial charge in [0, 0.05) is 6.26 Å². The van der Waals surface area contributed by atoms with Crippen LogP contribution in [0.2, 0.25) is 0 Å². The Morgan fingerprint density at radius 3 is 2.33 bits per heavy atom. The highest BCUT2D eigenvalue weighted by molar-refractivity contribution is 7.90. The SMILES string of the molecule is COC(=O)C(CS(C)(=O)=O)C1CCCC1. The van der Waals surface area contributed by atoms with Crippen molar-refractivity contribution in [1.29, 1.82) is 0 Å². The molecular formula is C10H18O4S. The Morgan fingerprint density at radius 1 is 1.40 bits per heavy atom. The molecule has 0 aromatic rings. The summed E-state index contributed by atoms with van der Waals surface area (Å²) < 4.78 is 27.1. The number of esters is 1. The molecular weight excluding hydrogens is 216 g/mol. The van der Waals surface area contributed by atoms with Gasteiger partial charge in [0.2, 0.25) is 0 Å². The molecule has 4 nitrogen and oxygen atoms in total. The first kappa shape index (κ1) is 12.5. The third-order valence-electron chi connectivity index (χ3n) is 2.96. The van der Waals surface area contributed by atoms with Crippen molar-refractivity contribution >= 4 is 15.8 Å². The largest absolute Gasteiger partial charge is 0.469 e. The summed E-state index contributed by atoms with van der Waals surface area (Å²) in [6, 6.07) is 0. The van der Waals surface area contributed by atoms with Crippen molar-refractivity contribution in [3.8, 4) is 0 Å². The summed E-state index contributed by atoms with van der Waals surface area (Å²) in [6.45, 7) is 0. The molecule has 1 saturated carbocycles. The Labute approximate surface area is 90.9 Å². The molecule has 0 N–H and O–H groups in total. The van der Waals surface area contributed by atoms with E-state index < -0.39 is 15.8 Å². The van der Waals surface area contributed by atoms with Crippen LogP contribution in [0.1, 0.15) is 25.7 Å². The van der Waals surface area contributed by atoms with E-state index in [2.05, 4.69) is 4.74 Å². The molecule has 1 rings (SSSR count). The molecule has 15 heavy (non-hydrogen) atoms. The van der Waals surface area contributed by atoms with Gasteiger partial charge in [0.15, 0.2) is 0 Å². The molecule has 5 heteroatoms. The van der Waals surface area contributed by atoms with Crippen molar-refractivity contribution < 1.29 is 17.9 Å².